The van der Waals surface area contributed by atoms with Crippen LogP contribution in [0.25, 0.3) is 0 Å². The molecule has 1 rings (SSSR count). The first-order valence-corrected chi connectivity index (χ1v) is 3.88. The van der Waals surface area contributed by atoms with Crippen molar-refractivity contribution in [2.24, 2.45) is 0 Å². The summed E-state index contributed by atoms with van der Waals surface area (Å²) < 4.78 is 4.87. The Morgan fingerprint density at radius 2 is 2.00 bits per heavy atom. The molecule has 0 aromatic carbocycles. The molecule has 4 heteroatoms. The summed E-state index contributed by atoms with van der Waals surface area (Å²) in [5.74, 6) is -0.979. The molecule has 0 fully saturated rings. The van der Waals surface area contributed by atoms with Gasteiger partial charge >= 0.3 is 5.97 Å². The van der Waals surface area contributed by atoms with E-state index in [4.69, 9.17) is 16.3 Å². The van der Waals surface area contributed by atoms with E-state index < -0.39 is 11.6 Å². The number of hydrogen-bond acceptors (Lipinski definition) is 3. The van der Waals surface area contributed by atoms with Gasteiger partial charge in [0.1, 0.15) is 11.2 Å². The molecule has 0 amide bonds. The molecule has 0 unspecified atom stereocenters. The number of ketones is 1. The van der Waals surface area contributed by atoms with Crippen molar-refractivity contribution in [3.63, 3.8) is 0 Å². The van der Waals surface area contributed by atoms with E-state index in [-0.39, 0.29) is 16.4 Å². The van der Waals surface area contributed by atoms with Crippen LogP contribution in [0.3, 0.4) is 0 Å². The third kappa shape index (κ3) is 1.25. The summed E-state index contributed by atoms with van der Waals surface area (Å²) >= 11 is 5.77. The molecule has 0 N–H and O–H groups in total. The van der Waals surface area contributed by atoms with Gasteiger partial charge in [0.2, 0.25) is 0 Å². The van der Waals surface area contributed by atoms with Crippen molar-refractivity contribution in [1.82, 2.24) is 0 Å². The van der Waals surface area contributed by atoms with Crippen LogP contribution >= 0.6 is 11.6 Å². The SMILES string of the molecule is CC(=O)C1=C(Cl)C(C)(C)OC1=O. The van der Waals surface area contributed by atoms with Crippen LogP contribution in [0.5, 0.6) is 0 Å². The lowest BCUT2D eigenvalue weighted by Crippen LogP contribution is -2.20. The Bertz CT molecular complexity index is 289. The molecule has 0 saturated heterocycles. The van der Waals surface area contributed by atoms with Gasteiger partial charge < -0.3 is 4.74 Å². The highest BCUT2D eigenvalue weighted by Gasteiger charge is 2.41. The van der Waals surface area contributed by atoms with Crippen LogP contribution in [0.15, 0.2) is 10.6 Å². The van der Waals surface area contributed by atoms with E-state index >= 15 is 0 Å². The summed E-state index contributed by atoms with van der Waals surface area (Å²) in [7, 11) is 0. The molecule has 12 heavy (non-hydrogen) atoms. The standard InChI is InChI=1S/C8H9ClO3/c1-4(10)5-6(9)8(2,3)12-7(5)11/h1-3H3. The minimum Gasteiger partial charge on any atom is -0.450 e. The molecular formula is C8H9ClO3. The number of Topliss-reactive ketones (excluding diaryl/α,β-unsaturated/α-hetero) is 1. The highest BCUT2D eigenvalue weighted by molar-refractivity contribution is 6.38. The second kappa shape index (κ2) is 2.59. The quantitative estimate of drug-likeness (QED) is 0.462. The molecule has 0 spiro atoms. The summed E-state index contributed by atoms with van der Waals surface area (Å²) in [5.41, 5.74) is -0.874. The summed E-state index contributed by atoms with van der Waals surface area (Å²) in [6, 6.07) is 0. The molecule has 0 aliphatic carbocycles. The number of ether oxygens (including phenoxy) is 1. The largest absolute Gasteiger partial charge is 0.450 e. The minimum atomic E-state index is -0.848. The maximum atomic E-state index is 11.1. The Hall–Kier alpha value is -0.830. The Morgan fingerprint density at radius 3 is 2.17 bits per heavy atom. The van der Waals surface area contributed by atoms with E-state index in [1.54, 1.807) is 13.8 Å². The van der Waals surface area contributed by atoms with Crippen molar-refractivity contribution in [3.05, 3.63) is 10.6 Å². The predicted octanol–water partition coefficient (Wildman–Crippen LogP) is 1.40. The van der Waals surface area contributed by atoms with Crippen LogP contribution in [0.4, 0.5) is 0 Å². The topological polar surface area (TPSA) is 43.4 Å². The van der Waals surface area contributed by atoms with Crippen molar-refractivity contribution < 1.29 is 14.3 Å². The van der Waals surface area contributed by atoms with Gasteiger partial charge in [0, 0.05) is 0 Å². The predicted molar refractivity (Wildman–Crippen MR) is 43.7 cm³/mol. The first kappa shape index (κ1) is 9.26. The molecule has 0 radical (unpaired) electrons. The third-order valence-corrected chi connectivity index (χ3v) is 2.30. The minimum absolute atomic E-state index is 0.0262. The first-order valence-electron chi connectivity index (χ1n) is 3.51. The summed E-state index contributed by atoms with van der Waals surface area (Å²) in [4.78, 5) is 22.0. The zero-order valence-electron chi connectivity index (χ0n) is 7.10. The fourth-order valence-electron chi connectivity index (χ4n) is 1.02. The molecule has 0 aromatic rings. The van der Waals surface area contributed by atoms with Gasteiger partial charge in [0.25, 0.3) is 0 Å². The number of rotatable bonds is 1. The average molecular weight is 189 g/mol. The van der Waals surface area contributed by atoms with Gasteiger partial charge in [-0.3, -0.25) is 4.79 Å². The second-order valence-electron chi connectivity index (χ2n) is 3.14. The Balaban J connectivity index is 3.20. The van der Waals surface area contributed by atoms with Crippen LogP contribution in [-0.2, 0) is 14.3 Å². The Labute approximate surface area is 75.3 Å². The van der Waals surface area contributed by atoms with Crippen molar-refractivity contribution in [1.29, 1.82) is 0 Å². The van der Waals surface area contributed by atoms with Crippen LogP contribution in [0, 0.1) is 0 Å². The summed E-state index contributed by atoms with van der Waals surface area (Å²) in [6.45, 7) is 4.58. The number of hydrogen-bond donors (Lipinski definition) is 0. The van der Waals surface area contributed by atoms with Gasteiger partial charge in [-0.2, -0.15) is 0 Å². The maximum Gasteiger partial charge on any atom is 0.344 e. The van der Waals surface area contributed by atoms with Gasteiger partial charge in [-0.15, -0.1) is 0 Å². The summed E-state index contributed by atoms with van der Waals surface area (Å²) in [5, 5.41) is 0.194. The molecule has 0 bridgehead atoms. The number of carbonyl (C=O) groups excluding carboxylic acids is 2. The molecule has 1 aliphatic heterocycles. The fourth-order valence-corrected chi connectivity index (χ4v) is 1.27. The number of halogens is 1. The van der Waals surface area contributed by atoms with Gasteiger partial charge in [-0.25, -0.2) is 4.79 Å². The molecule has 1 aliphatic rings. The number of cyclic esters (lactones) is 1. The van der Waals surface area contributed by atoms with Gasteiger partial charge in [-0.05, 0) is 20.8 Å². The van der Waals surface area contributed by atoms with Crippen molar-refractivity contribution in [2.75, 3.05) is 0 Å². The van der Waals surface area contributed by atoms with E-state index in [1.807, 2.05) is 0 Å². The van der Waals surface area contributed by atoms with E-state index in [0.717, 1.165) is 0 Å². The number of esters is 1. The fraction of sp³-hybridized carbons (Fsp3) is 0.500. The molecule has 66 valence electrons. The Kier molecular flexibility index (Phi) is 2.00. The maximum absolute atomic E-state index is 11.1. The van der Waals surface area contributed by atoms with Gasteiger partial charge in [0.15, 0.2) is 5.78 Å². The van der Waals surface area contributed by atoms with E-state index in [1.165, 1.54) is 6.92 Å². The number of carbonyl (C=O) groups is 2. The zero-order chi connectivity index (χ0) is 9.52. The molecule has 0 saturated carbocycles. The third-order valence-electron chi connectivity index (χ3n) is 1.65. The van der Waals surface area contributed by atoms with Gasteiger partial charge in [0.05, 0.1) is 5.03 Å². The lowest BCUT2D eigenvalue weighted by atomic mass is 10.1. The summed E-state index contributed by atoms with van der Waals surface area (Å²) in [6.07, 6.45) is 0. The van der Waals surface area contributed by atoms with Gasteiger partial charge in [-0.1, -0.05) is 11.6 Å². The molecule has 0 aromatic heterocycles. The lowest BCUT2D eigenvalue weighted by Gasteiger charge is -2.16. The average Bonchev–Trinajstić information content (AvgIpc) is 2.02. The van der Waals surface area contributed by atoms with Crippen molar-refractivity contribution in [3.8, 4) is 0 Å². The van der Waals surface area contributed by atoms with Crippen molar-refractivity contribution in [2.45, 2.75) is 26.4 Å². The molecular weight excluding hydrogens is 180 g/mol. The van der Waals surface area contributed by atoms with Crippen LogP contribution in [-0.4, -0.2) is 17.4 Å². The molecule has 3 nitrogen and oxygen atoms in total. The highest BCUT2D eigenvalue weighted by Crippen LogP contribution is 2.35. The molecule has 0 atom stereocenters. The highest BCUT2D eigenvalue weighted by atomic mass is 35.5. The second-order valence-corrected chi connectivity index (χ2v) is 3.52. The Morgan fingerprint density at radius 1 is 1.50 bits per heavy atom. The first-order chi connectivity index (χ1) is 5.36. The van der Waals surface area contributed by atoms with Crippen LogP contribution in [0.1, 0.15) is 20.8 Å². The van der Waals surface area contributed by atoms with E-state index in [9.17, 15) is 9.59 Å². The van der Waals surface area contributed by atoms with E-state index in [2.05, 4.69) is 0 Å². The van der Waals surface area contributed by atoms with Crippen molar-refractivity contribution >= 4 is 23.4 Å². The smallest absolute Gasteiger partial charge is 0.344 e. The van der Waals surface area contributed by atoms with Crippen LogP contribution < -0.4 is 0 Å². The normalized spacial score (nSPS) is 21.2. The monoisotopic (exact) mass is 188 g/mol. The molecule has 1 heterocycles. The van der Waals surface area contributed by atoms with E-state index in [0.29, 0.717) is 0 Å². The lowest BCUT2D eigenvalue weighted by molar-refractivity contribution is -0.144. The zero-order valence-corrected chi connectivity index (χ0v) is 7.86. The van der Waals surface area contributed by atoms with Crippen LogP contribution in [0.2, 0.25) is 0 Å².